The van der Waals surface area contributed by atoms with Gasteiger partial charge in [-0.25, -0.2) is 17.2 Å². The summed E-state index contributed by atoms with van der Waals surface area (Å²) in [7, 11) is 2.09. The number of benzene rings is 1. The lowest BCUT2D eigenvalue weighted by Gasteiger charge is -2.18. The van der Waals surface area contributed by atoms with E-state index in [1.807, 2.05) is 0 Å². The zero-order valence-corrected chi connectivity index (χ0v) is 11.9. The molecule has 19 heavy (non-hydrogen) atoms. The number of hydrogen-bond donors (Lipinski definition) is 0. The first-order valence-corrected chi connectivity index (χ1v) is 7.60. The van der Waals surface area contributed by atoms with E-state index >= 15 is 0 Å². The van der Waals surface area contributed by atoms with Gasteiger partial charge < -0.3 is 4.90 Å². The van der Waals surface area contributed by atoms with Crippen LogP contribution in [0.1, 0.15) is 10.4 Å². The Kier molecular flexibility index (Phi) is 5.11. The van der Waals surface area contributed by atoms with Crippen LogP contribution < -0.4 is 0 Å². The lowest BCUT2D eigenvalue weighted by Crippen LogP contribution is -2.32. The van der Waals surface area contributed by atoms with Gasteiger partial charge in [0.25, 0.3) is 21.4 Å². The molecule has 1 aromatic carbocycles. The molecular weight excluding hydrogens is 323 g/mol. The third kappa shape index (κ3) is 4.02. The molecule has 106 valence electrons. The Bertz CT molecular complexity index is 592. The fourth-order valence-corrected chi connectivity index (χ4v) is 2.78. The molecule has 0 aliphatic rings. The second-order valence-electron chi connectivity index (χ2n) is 3.63. The number of nitrogens with zero attached hydrogens (tertiary/aromatic N) is 1. The van der Waals surface area contributed by atoms with Crippen LogP contribution in [-0.4, -0.2) is 39.2 Å². The van der Waals surface area contributed by atoms with Crippen molar-refractivity contribution in [1.82, 2.24) is 4.90 Å². The van der Waals surface area contributed by atoms with Gasteiger partial charge in [-0.1, -0.05) is 17.7 Å². The summed E-state index contributed by atoms with van der Waals surface area (Å²) in [6, 6.07) is 3.65. The molecule has 0 bridgehead atoms. The van der Waals surface area contributed by atoms with Gasteiger partial charge in [0.1, 0.15) is 0 Å². The number of halogens is 4. The van der Waals surface area contributed by atoms with Crippen LogP contribution in [0.2, 0.25) is 5.02 Å². The molecule has 1 rings (SSSR count). The minimum Gasteiger partial charge on any atom is -0.336 e. The predicted octanol–water partition coefficient (Wildman–Crippen LogP) is 2.60. The quantitative estimate of drug-likeness (QED) is 0.797. The van der Waals surface area contributed by atoms with E-state index in [4.69, 9.17) is 22.3 Å². The Morgan fingerprint density at radius 2 is 2.00 bits per heavy atom. The van der Waals surface area contributed by atoms with Gasteiger partial charge in [-0.3, -0.25) is 4.79 Å². The fourth-order valence-electron chi connectivity index (χ4n) is 1.40. The summed E-state index contributed by atoms with van der Waals surface area (Å²) in [6.45, 7) is -0.841. The van der Waals surface area contributed by atoms with Crippen molar-refractivity contribution in [2.24, 2.45) is 0 Å². The van der Waals surface area contributed by atoms with Crippen molar-refractivity contribution in [3.8, 4) is 0 Å². The third-order valence-corrected chi connectivity index (χ3v) is 3.89. The Labute approximate surface area is 118 Å². The molecule has 0 aliphatic heterocycles. The Morgan fingerprint density at radius 3 is 2.47 bits per heavy atom. The maximum Gasteiger partial charge on any atom is 0.262 e. The molecule has 0 saturated carbocycles. The summed E-state index contributed by atoms with van der Waals surface area (Å²) < 4.78 is 47.1. The first-order chi connectivity index (χ1) is 8.64. The van der Waals surface area contributed by atoms with Crippen LogP contribution in [0.15, 0.2) is 23.1 Å². The van der Waals surface area contributed by atoms with Gasteiger partial charge in [-0.2, -0.15) is 0 Å². The highest BCUT2D eigenvalue weighted by Crippen LogP contribution is 2.27. The standard InChI is InChI=1S/C10H9Cl2F2NO3S/c1-15(5-8(13)14)10(16)9-6(11)3-2-4-7(9)19(12,17)18/h2-4,8H,5H2,1H3. The Morgan fingerprint density at radius 1 is 1.42 bits per heavy atom. The number of hydrogen-bond acceptors (Lipinski definition) is 3. The number of carbonyl (C=O) groups excluding carboxylic acids is 1. The third-order valence-electron chi connectivity index (χ3n) is 2.21. The second-order valence-corrected chi connectivity index (χ2v) is 6.57. The molecule has 1 aromatic rings. The summed E-state index contributed by atoms with van der Waals surface area (Å²) in [5, 5.41) is -0.173. The van der Waals surface area contributed by atoms with E-state index in [9.17, 15) is 22.0 Å². The monoisotopic (exact) mass is 331 g/mol. The average Bonchev–Trinajstić information content (AvgIpc) is 2.25. The summed E-state index contributed by atoms with van der Waals surface area (Å²) >= 11 is 5.75. The second kappa shape index (κ2) is 6.02. The minimum absolute atomic E-state index is 0.173. The van der Waals surface area contributed by atoms with Gasteiger partial charge in [0.15, 0.2) is 0 Å². The SMILES string of the molecule is CN(CC(F)F)C(=O)c1c(Cl)cccc1S(=O)(=O)Cl. The van der Waals surface area contributed by atoms with Gasteiger partial charge in [0, 0.05) is 17.7 Å². The lowest BCUT2D eigenvalue weighted by molar-refractivity contribution is 0.0617. The lowest BCUT2D eigenvalue weighted by atomic mass is 10.2. The first-order valence-electron chi connectivity index (χ1n) is 4.91. The number of carbonyl (C=O) groups is 1. The Hall–Kier alpha value is -0.920. The highest BCUT2D eigenvalue weighted by atomic mass is 35.7. The van der Waals surface area contributed by atoms with E-state index in [2.05, 4.69) is 0 Å². The van der Waals surface area contributed by atoms with E-state index in [0.29, 0.717) is 4.90 Å². The first kappa shape index (κ1) is 16.1. The summed E-state index contributed by atoms with van der Waals surface area (Å²) in [4.78, 5) is 12.1. The van der Waals surface area contributed by atoms with Gasteiger partial charge in [-0.15, -0.1) is 0 Å². The van der Waals surface area contributed by atoms with E-state index in [1.165, 1.54) is 12.1 Å². The Balaban J connectivity index is 3.30. The summed E-state index contributed by atoms with van der Waals surface area (Å²) in [5.41, 5.74) is -0.415. The minimum atomic E-state index is -4.21. The van der Waals surface area contributed by atoms with Gasteiger partial charge >= 0.3 is 0 Å². The van der Waals surface area contributed by atoms with Crippen LogP contribution in [0.4, 0.5) is 8.78 Å². The number of rotatable bonds is 4. The number of amides is 1. The van der Waals surface area contributed by atoms with E-state index in [-0.39, 0.29) is 5.02 Å². The van der Waals surface area contributed by atoms with Crippen molar-refractivity contribution in [3.05, 3.63) is 28.8 Å². The van der Waals surface area contributed by atoms with Crippen LogP contribution in [0.5, 0.6) is 0 Å². The smallest absolute Gasteiger partial charge is 0.262 e. The molecule has 0 N–H and O–H groups in total. The molecule has 9 heteroatoms. The van der Waals surface area contributed by atoms with E-state index in [1.54, 1.807) is 0 Å². The van der Waals surface area contributed by atoms with Crippen molar-refractivity contribution in [2.45, 2.75) is 11.3 Å². The number of alkyl halides is 2. The molecule has 0 unspecified atom stereocenters. The van der Waals surface area contributed by atoms with Crippen molar-refractivity contribution in [2.75, 3.05) is 13.6 Å². The zero-order chi connectivity index (χ0) is 14.8. The molecule has 0 aliphatic carbocycles. The molecule has 0 aromatic heterocycles. The van der Waals surface area contributed by atoms with E-state index < -0.39 is 38.4 Å². The van der Waals surface area contributed by atoms with Crippen molar-refractivity contribution >= 4 is 37.2 Å². The van der Waals surface area contributed by atoms with Crippen LogP contribution >= 0.6 is 22.3 Å². The van der Waals surface area contributed by atoms with Crippen LogP contribution in [0.25, 0.3) is 0 Å². The maximum atomic E-state index is 12.2. The van der Waals surface area contributed by atoms with Crippen molar-refractivity contribution in [1.29, 1.82) is 0 Å². The normalized spacial score (nSPS) is 11.7. The molecule has 0 radical (unpaired) electrons. The van der Waals surface area contributed by atoms with Crippen molar-refractivity contribution in [3.63, 3.8) is 0 Å². The van der Waals surface area contributed by atoms with Gasteiger partial charge in [0.05, 0.1) is 22.0 Å². The van der Waals surface area contributed by atoms with Gasteiger partial charge in [0.2, 0.25) is 0 Å². The predicted molar refractivity (Wildman–Crippen MR) is 67.5 cm³/mol. The molecular formula is C10H9Cl2F2NO3S. The molecule has 0 heterocycles. The highest BCUT2D eigenvalue weighted by Gasteiger charge is 2.26. The molecule has 4 nitrogen and oxygen atoms in total. The van der Waals surface area contributed by atoms with Crippen LogP contribution in [0, 0.1) is 0 Å². The average molecular weight is 332 g/mol. The maximum absolute atomic E-state index is 12.2. The van der Waals surface area contributed by atoms with E-state index in [0.717, 1.165) is 13.1 Å². The summed E-state index contributed by atoms with van der Waals surface area (Å²) in [6.07, 6.45) is -2.74. The zero-order valence-electron chi connectivity index (χ0n) is 9.61. The molecule has 0 fully saturated rings. The molecule has 0 spiro atoms. The van der Waals surface area contributed by atoms with Crippen molar-refractivity contribution < 1.29 is 22.0 Å². The molecule has 1 amide bonds. The van der Waals surface area contributed by atoms with Crippen LogP contribution in [0.3, 0.4) is 0 Å². The highest BCUT2D eigenvalue weighted by molar-refractivity contribution is 8.13. The van der Waals surface area contributed by atoms with Gasteiger partial charge in [-0.05, 0) is 12.1 Å². The molecule has 0 atom stereocenters. The largest absolute Gasteiger partial charge is 0.336 e. The fraction of sp³-hybridized carbons (Fsp3) is 0.300. The molecule has 0 saturated heterocycles. The summed E-state index contributed by atoms with van der Waals surface area (Å²) in [5.74, 6) is -0.940. The topological polar surface area (TPSA) is 54.5 Å². The van der Waals surface area contributed by atoms with Crippen LogP contribution in [-0.2, 0) is 9.05 Å².